The van der Waals surface area contributed by atoms with Crippen LogP contribution >= 0.6 is 0 Å². The van der Waals surface area contributed by atoms with Gasteiger partial charge in [-0.3, -0.25) is 14.7 Å². The molecule has 2 N–H and O–H groups in total. The molecule has 2 amide bonds. The van der Waals surface area contributed by atoms with Gasteiger partial charge in [-0.1, -0.05) is 0 Å². The zero-order valence-corrected chi connectivity index (χ0v) is 13.5. The Morgan fingerprint density at radius 1 is 1.28 bits per heavy atom. The summed E-state index contributed by atoms with van der Waals surface area (Å²) in [6.45, 7) is 1.09. The molecule has 8 nitrogen and oxygen atoms in total. The molecule has 1 fully saturated rings. The van der Waals surface area contributed by atoms with E-state index < -0.39 is 6.04 Å². The van der Waals surface area contributed by atoms with Crippen molar-refractivity contribution in [2.24, 2.45) is 0 Å². The summed E-state index contributed by atoms with van der Waals surface area (Å²) in [5.41, 5.74) is 1.32. The van der Waals surface area contributed by atoms with Gasteiger partial charge >= 0.3 is 0 Å². The number of ether oxygens (including phenoxy) is 2. The van der Waals surface area contributed by atoms with Gasteiger partial charge in [0.05, 0.1) is 12.2 Å². The van der Waals surface area contributed by atoms with Gasteiger partial charge in [0.25, 0.3) is 5.91 Å². The molecule has 0 radical (unpaired) electrons. The van der Waals surface area contributed by atoms with Crippen molar-refractivity contribution in [1.82, 2.24) is 20.4 Å². The monoisotopic (exact) mass is 342 g/mol. The molecule has 4 rings (SSSR count). The number of nitrogens with zero attached hydrogens (tertiary/aromatic N) is 2. The van der Waals surface area contributed by atoms with Crippen LogP contribution in [0.15, 0.2) is 30.5 Å². The second-order valence-corrected chi connectivity index (χ2v) is 6.02. The third-order valence-electron chi connectivity index (χ3n) is 4.45. The molecule has 1 saturated heterocycles. The van der Waals surface area contributed by atoms with Crippen molar-refractivity contribution >= 4 is 11.8 Å². The van der Waals surface area contributed by atoms with Crippen LogP contribution in [0.1, 0.15) is 28.9 Å². The summed E-state index contributed by atoms with van der Waals surface area (Å²) < 4.78 is 10.6. The maximum Gasteiger partial charge on any atom is 0.254 e. The molecule has 0 saturated carbocycles. The third-order valence-corrected chi connectivity index (χ3v) is 4.45. The Morgan fingerprint density at radius 3 is 3.00 bits per heavy atom. The van der Waals surface area contributed by atoms with Crippen molar-refractivity contribution in [3.8, 4) is 11.5 Å². The molecule has 0 aliphatic carbocycles. The third kappa shape index (κ3) is 3.02. The number of hydrogen-bond donors (Lipinski definition) is 2. The number of nitrogens with one attached hydrogen (secondary N) is 2. The van der Waals surface area contributed by atoms with Crippen LogP contribution in [-0.4, -0.2) is 46.3 Å². The summed E-state index contributed by atoms with van der Waals surface area (Å²) in [6, 6.07) is 6.43. The molecular weight excluding hydrogens is 324 g/mol. The van der Waals surface area contributed by atoms with Crippen LogP contribution in [0.2, 0.25) is 0 Å². The van der Waals surface area contributed by atoms with Crippen LogP contribution in [-0.2, 0) is 11.3 Å². The van der Waals surface area contributed by atoms with E-state index in [2.05, 4.69) is 15.5 Å². The Bertz CT molecular complexity index is 790. The molecule has 25 heavy (non-hydrogen) atoms. The highest BCUT2D eigenvalue weighted by Gasteiger charge is 2.34. The molecule has 0 bridgehead atoms. The lowest BCUT2D eigenvalue weighted by Gasteiger charge is -2.24. The maximum atomic E-state index is 12.8. The molecule has 2 aliphatic heterocycles. The number of likely N-dealkylation sites (tertiary alicyclic amines) is 1. The molecule has 2 aliphatic rings. The first-order chi connectivity index (χ1) is 12.2. The molecule has 1 atom stereocenters. The normalized spacial score (nSPS) is 18.4. The highest BCUT2D eigenvalue weighted by atomic mass is 16.7. The van der Waals surface area contributed by atoms with Crippen molar-refractivity contribution in [2.45, 2.75) is 25.4 Å². The summed E-state index contributed by atoms with van der Waals surface area (Å²) in [4.78, 5) is 26.9. The largest absolute Gasteiger partial charge is 0.454 e. The first-order valence-electron chi connectivity index (χ1n) is 8.19. The number of carbonyl (C=O) groups excluding carboxylic acids is 2. The highest BCUT2D eigenvalue weighted by molar-refractivity contribution is 5.98. The van der Waals surface area contributed by atoms with Crippen LogP contribution in [0.3, 0.4) is 0 Å². The first-order valence-corrected chi connectivity index (χ1v) is 8.19. The average Bonchev–Trinajstić information content (AvgIpc) is 3.39. The van der Waals surface area contributed by atoms with Gasteiger partial charge in [-0.05, 0) is 37.1 Å². The number of rotatable bonds is 4. The van der Waals surface area contributed by atoms with Crippen LogP contribution in [0.5, 0.6) is 11.5 Å². The van der Waals surface area contributed by atoms with E-state index in [1.165, 1.54) is 0 Å². The quantitative estimate of drug-likeness (QED) is 0.866. The fraction of sp³-hybridized carbons (Fsp3) is 0.353. The number of benzene rings is 1. The number of fused-ring (bicyclic) bond motifs is 1. The molecule has 0 spiro atoms. The zero-order valence-electron chi connectivity index (χ0n) is 13.5. The topological polar surface area (TPSA) is 96.6 Å². The summed E-state index contributed by atoms with van der Waals surface area (Å²) in [5.74, 6) is 0.871. The van der Waals surface area contributed by atoms with Crippen LogP contribution < -0.4 is 14.8 Å². The Kier molecular flexibility index (Phi) is 4.01. The van der Waals surface area contributed by atoms with Gasteiger partial charge in [0.2, 0.25) is 12.7 Å². The van der Waals surface area contributed by atoms with Crippen molar-refractivity contribution in [1.29, 1.82) is 0 Å². The fourth-order valence-electron chi connectivity index (χ4n) is 3.16. The van der Waals surface area contributed by atoms with Gasteiger partial charge in [0.15, 0.2) is 11.5 Å². The molecule has 8 heteroatoms. The summed E-state index contributed by atoms with van der Waals surface area (Å²) in [7, 11) is 0. The van der Waals surface area contributed by atoms with Crippen LogP contribution in [0.25, 0.3) is 0 Å². The lowest BCUT2D eigenvalue weighted by atomic mass is 10.1. The number of carbonyl (C=O) groups is 2. The van der Waals surface area contributed by atoms with Gasteiger partial charge in [-0.2, -0.15) is 5.10 Å². The minimum atomic E-state index is -0.458. The van der Waals surface area contributed by atoms with Gasteiger partial charge < -0.3 is 19.7 Å². The predicted molar refractivity (Wildman–Crippen MR) is 87.1 cm³/mol. The Balaban J connectivity index is 1.45. The Morgan fingerprint density at radius 2 is 2.16 bits per heavy atom. The van der Waals surface area contributed by atoms with Crippen LogP contribution in [0.4, 0.5) is 0 Å². The van der Waals surface area contributed by atoms with Gasteiger partial charge in [0, 0.05) is 18.3 Å². The smallest absolute Gasteiger partial charge is 0.254 e. The van der Waals surface area contributed by atoms with Crippen molar-refractivity contribution in [3.63, 3.8) is 0 Å². The standard InChI is InChI=1S/C17H18N4O4/c22-16(18-9-12-5-6-19-20-12)13-2-1-7-21(13)17(23)11-3-4-14-15(8-11)25-10-24-14/h3-6,8,13H,1-2,7,9-10H2,(H,18,22)(H,19,20). The Labute approximate surface area is 144 Å². The van der Waals surface area contributed by atoms with E-state index in [1.807, 2.05) is 0 Å². The van der Waals surface area contributed by atoms with E-state index in [0.29, 0.717) is 36.6 Å². The first kappa shape index (κ1) is 15.5. The second kappa shape index (κ2) is 6.46. The average molecular weight is 342 g/mol. The van der Waals surface area contributed by atoms with Gasteiger partial charge in [-0.15, -0.1) is 0 Å². The SMILES string of the molecule is O=C(NCc1ccn[nH]1)C1CCCN1C(=O)c1ccc2c(c1)OCO2. The van der Waals surface area contributed by atoms with Crippen molar-refractivity contribution in [3.05, 3.63) is 41.7 Å². The van der Waals surface area contributed by atoms with E-state index in [1.54, 1.807) is 35.4 Å². The highest BCUT2D eigenvalue weighted by Crippen LogP contribution is 2.33. The lowest BCUT2D eigenvalue weighted by Crippen LogP contribution is -2.45. The van der Waals surface area contributed by atoms with E-state index in [-0.39, 0.29) is 18.6 Å². The van der Waals surface area contributed by atoms with E-state index in [9.17, 15) is 9.59 Å². The van der Waals surface area contributed by atoms with Crippen molar-refractivity contribution < 1.29 is 19.1 Å². The molecule has 2 aromatic rings. The Hall–Kier alpha value is -3.03. The molecular formula is C17H18N4O4. The number of amides is 2. The number of hydrogen-bond acceptors (Lipinski definition) is 5. The van der Waals surface area contributed by atoms with E-state index in [4.69, 9.17) is 9.47 Å². The number of aromatic amines is 1. The molecule has 130 valence electrons. The molecule has 3 heterocycles. The van der Waals surface area contributed by atoms with E-state index >= 15 is 0 Å². The number of H-pyrrole nitrogens is 1. The van der Waals surface area contributed by atoms with Gasteiger partial charge in [0.1, 0.15) is 6.04 Å². The second-order valence-electron chi connectivity index (χ2n) is 6.02. The number of aromatic nitrogens is 2. The summed E-state index contributed by atoms with van der Waals surface area (Å²) >= 11 is 0. The van der Waals surface area contributed by atoms with Gasteiger partial charge in [-0.25, -0.2) is 0 Å². The summed E-state index contributed by atoms with van der Waals surface area (Å²) in [6.07, 6.45) is 3.09. The predicted octanol–water partition coefficient (Wildman–Crippen LogP) is 1.06. The fourth-order valence-corrected chi connectivity index (χ4v) is 3.16. The molecule has 1 aromatic carbocycles. The minimum Gasteiger partial charge on any atom is -0.454 e. The van der Waals surface area contributed by atoms with Crippen LogP contribution in [0, 0.1) is 0 Å². The van der Waals surface area contributed by atoms with Crippen molar-refractivity contribution in [2.75, 3.05) is 13.3 Å². The maximum absolute atomic E-state index is 12.8. The molecule has 1 aromatic heterocycles. The molecule has 1 unspecified atom stereocenters. The lowest BCUT2D eigenvalue weighted by molar-refractivity contribution is -0.125. The van der Waals surface area contributed by atoms with E-state index in [0.717, 1.165) is 12.1 Å². The minimum absolute atomic E-state index is 0.152. The zero-order chi connectivity index (χ0) is 17.2. The summed E-state index contributed by atoms with van der Waals surface area (Å²) in [5, 5.41) is 9.50.